The Labute approximate surface area is 227 Å². The van der Waals surface area contributed by atoms with Crippen LogP contribution in [0.2, 0.25) is 0 Å². The van der Waals surface area contributed by atoms with Gasteiger partial charge in [-0.2, -0.15) is 0 Å². The Morgan fingerprint density at radius 3 is 2.30 bits per heavy atom. The van der Waals surface area contributed by atoms with Crippen molar-refractivity contribution in [3.63, 3.8) is 0 Å². The first kappa shape index (κ1) is 27.5. The molecule has 3 aromatic rings. The molecule has 0 amide bonds. The van der Waals surface area contributed by atoms with E-state index in [0.29, 0.717) is 17.4 Å². The quantitative estimate of drug-likeness (QED) is 0.263. The molecule has 0 bridgehead atoms. The Morgan fingerprint density at radius 1 is 1.00 bits per heavy atom. The SMILES string of the molecule is CCCCC1(C)C[C@H](c2ccc(OCc3ccc(CCl)cc3)cc2)c2cc(N(C)C)ccc2S(=O)(=O)C1. The van der Waals surface area contributed by atoms with Crippen LogP contribution in [0.3, 0.4) is 0 Å². The number of hydrogen-bond acceptors (Lipinski definition) is 4. The number of hydrogen-bond donors (Lipinski definition) is 0. The van der Waals surface area contributed by atoms with E-state index in [4.69, 9.17) is 16.3 Å². The van der Waals surface area contributed by atoms with Crippen molar-refractivity contribution >= 4 is 27.1 Å². The lowest BCUT2D eigenvalue weighted by Gasteiger charge is -2.31. The van der Waals surface area contributed by atoms with Crippen LogP contribution in [0.25, 0.3) is 0 Å². The van der Waals surface area contributed by atoms with Crippen molar-refractivity contribution in [2.24, 2.45) is 5.41 Å². The number of benzene rings is 3. The number of rotatable bonds is 9. The third kappa shape index (κ3) is 6.50. The van der Waals surface area contributed by atoms with E-state index in [-0.39, 0.29) is 17.1 Å². The van der Waals surface area contributed by atoms with E-state index in [2.05, 4.69) is 32.0 Å². The number of alkyl halides is 1. The van der Waals surface area contributed by atoms with Gasteiger partial charge in [-0.25, -0.2) is 8.42 Å². The van der Waals surface area contributed by atoms with Gasteiger partial charge in [0.1, 0.15) is 12.4 Å². The molecule has 4 rings (SSSR count). The molecule has 1 aliphatic heterocycles. The second-order valence-electron chi connectivity index (χ2n) is 10.9. The van der Waals surface area contributed by atoms with Crippen LogP contribution >= 0.6 is 11.6 Å². The number of halogens is 1. The van der Waals surface area contributed by atoms with Crippen molar-refractivity contribution in [1.29, 1.82) is 0 Å². The molecule has 0 saturated heterocycles. The predicted octanol–water partition coefficient (Wildman–Crippen LogP) is 7.58. The van der Waals surface area contributed by atoms with Crippen molar-refractivity contribution in [3.8, 4) is 5.75 Å². The van der Waals surface area contributed by atoms with Gasteiger partial charge in [0, 0.05) is 31.6 Å². The average Bonchev–Trinajstić information content (AvgIpc) is 2.98. The van der Waals surface area contributed by atoms with Gasteiger partial charge in [0.25, 0.3) is 0 Å². The second-order valence-corrected chi connectivity index (χ2v) is 13.1. The number of nitrogens with zero attached hydrogens (tertiary/aromatic N) is 1. The minimum Gasteiger partial charge on any atom is -0.489 e. The third-order valence-corrected chi connectivity index (χ3v) is 9.88. The molecule has 1 unspecified atom stereocenters. The maximum absolute atomic E-state index is 13.6. The summed E-state index contributed by atoms with van der Waals surface area (Å²) in [6.45, 7) is 4.79. The molecule has 4 nitrogen and oxygen atoms in total. The highest BCUT2D eigenvalue weighted by Crippen LogP contribution is 2.47. The van der Waals surface area contributed by atoms with Crippen molar-refractivity contribution in [1.82, 2.24) is 0 Å². The molecular weight excluding hydrogens is 502 g/mol. The molecule has 37 heavy (non-hydrogen) atoms. The molecule has 0 saturated carbocycles. The van der Waals surface area contributed by atoms with Gasteiger partial charge in [-0.3, -0.25) is 0 Å². The molecule has 3 aromatic carbocycles. The number of fused-ring (bicyclic) bond motifs is 1. The normalized spacial score (nSPS) is 20.6. The maximum atomic E-state index is 13.6. The highest BCUT2D eigenvalue weighted by molar-refractivity contribution is 7.91. The smallest absolute Gasteiger partial charge is 0.179 e. The monoisotopic (exact) mass is 539 g/mol. The van der Waals surface area contributed by atoms with E-state index >= 15 is 0 Å². The van der Waals surface area contributed by atoms with E-state index in [9.17, 15) is 8.42 Å². The van der Waals surface area contributed by atoms with Gasteiger partial charge in [-0.1, -0.05) is 63.1 Å². The van der Waals surface area contributed by atoms with Gasteiger partial charge in [-0.05, 0) is 70.8 Å². The molecule has 198 valence electrons. The van der Waals surface area contributed by atoms with Gasteiger partial charge in [0.2, 0.25) is 0 Å². The summed E-state index contributed by atoms with van der Waals surface area (Å²) in [7, 11) is 0.574. The minimum absolute atomic E-state index is 0.00817. The standard InChI is InChI=1S/C31H38ClNO3S/c1-5-6-17-31(2)19-29(28-18-26(33(3)4)13-16-30(28)37(34,35)22-31)25-11-14-27(15-12-25)36-21-24-9-7-23(20-32)8-10-24/h7-16,18,29H,5-6,17,19-22H2,1-4H3/t29-,31?/m1/s1. The van der Waals surface area contributed by atoms with Crippen molar-refractivity contribution < 1.29 is 13.2 Å². The minimum atomic E-state index is -3.40. The Balaban J connectivity index is 1.66. The predicted molar refractivity (Wildman–Crippen MR) is 154 cm³/mol. The van der Waals surface area contributed by atoms with Crippen LogP contribution in [0.4, 0.5) is 5.69 Å². The zero-order valence-corrected chi connectivity index (χ0v) is 23.9. The summed E-state index contributed by atoms with van der Waals surface area (Å²) < 4.78 is 33.3. The van der Waals surface area contributed by atoms with E-state index in [1.54, 1.807) is 0 Å². The van der Waals surface area contributed by atoms with Crippen LogP contribution < -0.4 is 9.64 Å². The first-order valence-corrected chi connectivity index (χ1v) is 15.2. The van der Waals surface area contributed by atoms with Crippen LogP contribution in [0.1, 0.15) is 67.7 Å². The molecule has 2 atom stereocenters. The first-order valence-electron chi connectivity index (χ1n) is 13.0. The second kappa shape index (κ2) is 11.5. The molecule has 0 spiro atoms. The van der Waals surface area contributed by atoms with Crippen LogP contribution in [0, 0.1) is 5.41 Å². The Bertz CT molecular complexity index is 1300. The summed E-state index contributed by atoms with van der Waals surface area (Å²) in [6, 6.07) is 22.1. The van der Waals surface area contributed by atoms with Gasteiger partial charge < -0.3 is 9.64 Å². The topological polar surface area (TPSA) is 46.6 Å². The summed E-state index contributed by atoms with van der Waals surface area (Å²) in [5.41, 5.74) is 4.92. The van der Waals surface area contributed by atoms with Crippen LogP contribution in [0.15, 0.2) is 71.6 Å². The lowest BCUT2D eigenvalue weighted by Crippen LogP contribution is -2.27. The number of ether oxygens (including phenoxy) is 1. The molecule has 1 heterocycles. The van der Waals surface area contributed by atoms with Crippen LogP contribution in [-0.2, 0) is 22.3 Å². The Morgan fingerprint density at radius 2 is 1.68 bits per heavy atom. The van der Waals surface area contributed by atoms with Crippen molar-refractivity contribution in [3.05, 3.63) is 89.0 Å². The maximum Gasteiger partial charge on any atom is 0.179 e. The fraction of sp³-hybridized carbons (Fsp3) is 0.419. The van der Waals surface area contributed by atoms with Crippen LogP contribution in [-0.4, -0.2) is 28.3 Å². The molecule has 0 fully saturated rings. The summed E-state index contributed by atoms with van der Waals surface area (Å²) in [6.07, 6.45) is 3.77. The lowest BCUT2D eigenvalue weighted by atomic mass is 9.74. The highest BCUT2D eigenvalue weighted by Gasteiger charge is 2.40. The Hall–Kier alpha value is -2.50. The first-order chi connectivity index (χ1) is 17.6. The summed E-state index contributed by atoms with van der Waals surface area (Å²) >= 11 is 5.89. The zero-order valence-electron chi connectivity index (χ0n) is 22.3. The molecule has 6 heteroatoms. The fourth-order valence-electron chi connectivity index (χ4n) is 5.33. The molecule has 0 radical (unpaired) electrons. The molecule has 0 N–H and O–H groups in total. The van der Waals surface area contributed by atoms with Gasteiger partial charge in [-0.15, -0.1) is 11.6 Å². The highest BCUT2D eigenvalue weighted by atomic mass is 35.5. The number of unbranched alkanes of at least 4 members (excludes halogenated alkanes) is 1. The van der Waals surface area contributed by atoms with Crippen LogP contribution in [0.5, 0.6) is 5.75 Å². The largest absolute Gasteiger partial charge is 0.489 e. The van der Waals surface area contributed by atoms with Crippen molar-refractivity contribution in [2.75, 3.05) is 24.7 Å². The van der Waals surface area contributed by atoms with Gasteiger partial charge >= 0.3 is 0 Å². The Kier molecular flexibility index (Phi) is 8.55. The van der Waals surface area contributed by atoms with E-state index < -0.39 is 9.84 Å². The lowest BCUT2D eigenvalue weighted by molar-refractivity contribution is 0.289. The fourth-order valence-corrected chi connectivity index (χ4v) is 7.68. The van der Waals surface area contributed by atoms with Gasteiger partial charge in [0.05, 0.1) is 10.6 Å². The molecular formula is C31H38ClNO3S. The molecule has 0 aliphatic carbocycles. The van der Waals surface area contributed by atoms with E-state index in [1.165, 1.54) is 0 Å². The zero-order chi connectivity index (χ0) is 26.6. The number of sulfone groups is 1. The summed E-state index contributed by atoms with van der Waals surface area (Å²) in [5, 5.41) is 0. The van der Waals surface area contributed by atoms with E-state index in [0.717, 1.165) is 59.4 Å². The molecule has 1 aliphatic rings. The number of anilines is 1. The van der Waals surface area contributed by atoms with Gasteiger partial charge in [0.15, 0.2) is 9.84 Å². The average molecular weight is 540 g/mol. The summed E-state index contributed by atoms with van der Waals surface area (Å²) in [5.74, 6) is 1.48. The van der Waals surface area contributed by atoms with E-state index in [1.807, 2.05) is 67.5 Å². The summed E-state index contributed by atoms with van der Waals surface area (Å²) in [4.78, 5) is 2.51. The third-order valence-electron chi connectivity index (χ3n) is 7.45. The van der Waals surface area contributed by atoms with Crippen molar-refractivity contribution in [2.45, 2.75) is 62.8 Å². The molecule has 0 aromatic heterocycles.